The third kappa shape index (κ3) is 7.15. The van der Waals surface area contributed by atoms with Gasteiger partial charge in [-0.05, 0) is 43.8 Å². The van der Waals surface area contributed by atoms with E-state index in [0.717, 1.165) is 66.0 Å². The van der Waals surface area contributed by atoms with Gasteiger partial charge in [-0.1, -0.05) is 42.4 Å². The maximum absolute atomic E-state index is 13.9. The van der Waals surface area contributed by atoms with Crippen LogP contribution in [0.1, 0.15) is 30.5 Å². The first-order chi connectivity index (χ1) is 22.7. The summed E-state index contributed by atoms with van der Waals surface area (Å²) < 4.78 is 25.5. The van der Waals surface area contributed by atoms with Crippen LogP contribution in [0.15, 0.2) is 48.8 Å². The number of likely N-dealkylation sites (N-methyl/N-ethyl adjacent to an activating group) is 1. The normalized spacial score (nSPS) is 18.6. The molecule has 6 rings (SSSR count). The predicted molar refractivity (Wildman–Crippen MR) is 180 cm³/mol. The number of nitriles is 1. The lowest BCUT2D eigenvalue weighted by molar-refractivity contribution is -0.131. The number of hydrogen-bond donors (Lipinski definition) is 0. The van der Waals surface area contributed by atoms with E-state index in [9.17, 15) is 14.4 Å². The molecular formula is C35H41ClFN7O3. The molecule has 3 aliphatic rings. The van der Waals surface area contributed by atoms with Gasteiger partial charge in [0.25, 0.3) is 5.91 Å². The van der Waals surface area contributed by atoms with E-state index in [1.54, 1.807) is 7.11 Å². The third-order valence-corrected chi connectivity index (χ3v) is 9.86. The Morgan fingerprint density at radius 3 is 2.70 bits per heavy atom. The van der Waals surface area contributed by atoms with Crippen molar-refractivity contribution in [1.82, 2.24) is 19.8 Å². The molecule has 0 bridgehead atoms. The van der Waals surface area contributed by atoms with Crippen molar-refractivity contribution in [1.29, 1.82) is 5.26 Å². The molecule has 0 spiro atoms. The summed E-state index contributed by atoms with van der Waals surface area (Å²) in [5, 5.41) is 12.3. The van der Waals surface area contributed by atoms with Crippen LogP contribution in [0.3, 0.4) is 0 Å². The smallest absolute Gasteiger partial charge is 0.318 e. The summed E-state index contributed by atoms with van der Waals surface area (Å²) in [7, 11) is 3.81. The van der Waals surface area contributed by atoms with Gasteiger partial charge in [-0.25, -0.2) is 4.39 Å². The van der Waals surface area contributed by atoms with Gasteiger partial charge in [-0.15, -0.1) is 0 Å². The molecule has 0 radical (unpaired) electrons. The highest BCUT2D eigenvalue weighted by atomic mass is 35.5. The van der Waals surface area contributed by atoms with Gasteiger partial charge >= 0.3 is 6.01 Å². The van der Waals surface area contributed by atoms with Crippen LogP contribution in [0.4, 0.5) is 15.9 Å². The molecule has 1 atom stereocenters. The number of amides is 1. The van der Waals surface area contributed by atoms with Crippen molar-refractivity contribution in [2.45, 2.75) is 38.3 Å². The number of hydrogen-bond acceptors (Lipinski definition) is 9. The lowest BCUT2D eigenvalue weighted by atomic mass is 10.0. The molecule has 1 amide bonds. The lowest BCUT2D eigenvalue weighted by Gasteiger charge is -2.42. The summed E-state index contributed by atoms with van der Waals surface area (Å²) >= 11 is 6.71. The second-order valence-electron chi connectivity index (χ2n) is 12.9. The maximum atomic E-state index is 13.9. The minimum atomic E-state index is -1.02. The van der Waals surface area contributed by atoms with Crippen molar-refractivity contribution in [3.05, 3.63) is 65.1 Å². The number of carbonyl (C=O) groups is 1. The first-order valence-electron chi connectivity index (χ1n) is 16.1. The standard InChI is InChI=1S/C35H41ClFN7O3/c1-24(37)33(45)44-17-16-43(20-26(44)10-14-38)32-27-11-15-42(30-9-5-7-25-6-4-8-28(36)31(25)30)21-29(27)39-34(40-32)47-23-35(12-13-35)22-41(2)18-19-46-3/h4-9,26H,1,10-13,15-23H2,2-3H3/t26-/m0/s1. The Morgan fingerprint density at radius 2 is 1.98 bits per heavy atom. The van der Waals surface area contributed by atoms with E-state index in [1.807, 2.05) is 18.2 Å². The number of ether oxygens (including phenoxy) is 2. The Bertz CT molecular complexity index is 1690. The fourth-order valence-electron chi connectivity index (χ4n) is 6.85. The molecule has 2 fully saturated rings. The van der Waals surface area contributed by atoms with Crippen molar-refractivity contribution >= 4 is 39.8 Å². The highest BCUT2D eigenvalue weighted by Crippen LogP contribution is 2.46. The molecule has 1 aliphatic carbocycles. The van der Waals surface area contributed by atoms with Crippen LogP contribution < -0.4 is 14.5 Å². The number of carbonyl (C=O) groups excluding carboxylic acids is 1. The number of aromatic nitrogens is 2. The van der Waals surface area contributed by atoms with Crippen LogP contribution in [0.2, 0.25) is 5.02 Å². The monoisotopic (exact) mass is 661 g/mol. The summed E-state index contributed by atoms with van der Waals surface area (Å²) in [4.78, 5) is 30.6. The topological polar surface area (TPSA) is 98.1 Å². The SMILES string of the molecule is C=C(F)C(=O)N1CCN(c2nc(OCC3(CN(C)CCOC)CC3)nc3c2CCN(c2cccc4cccc(Cl)c24)C3)C[C@@H]1CC#N. The van der Waals surface area contributed by atoms with Crippen LogP contribution in [0.25, 0.3) is 10.8 Å². The van der Waals surface area contributed by atoms with E-state index < -0.39 is 17.8 Å². The number of piperazine rings is 1. The van der Waals surface area contributed by atoms with Crippen LogP contribution >= 0.6 is 11.6 Å². The minimum absolute atomic E-state index is 0.0479. The van der Waals surface area contributed by atoms with Gasteiger partial charge in [-0.3, -0.25) is 4.79 Å². The number of rotatable bonds is 12. The summed E-state index contributed by atoms with van der Waals surface area (Å²) in [5.41, 5.74) is 2.98. The van der Waals surface area contributed by atoms with Gasteiger partial charge in [0, 0.05) is 68.4 Å². The van der Waals surface area contributed by atoms with Crippen molar-refractivity contribution in [2.24, 2.45) is 5.41 Å². The zero-order valence-electron chi connectivity index (χ0n) is 27.1. The van der Waals surface area contributed by atoms with Crippen LogP contribution in [0.5, 0.6) is 6.01 Å². The first kappa shape index (κ1) is 32.9. The zero-order chi connectivity index (χ0) is 33.1. The van der Waals surface area contributed by atoms with Gasteiger partial charge in [0.05, 0.1) is 49.0 Å². The quantitative estimate of drug-likeness (QED) is 0.249. The van der Waals surface area contributed by atoms with E-state index in [-0.39, 0.29) is 18.4 Å². The fourth-order valence-corrected chi connectivity index (χ4v) is 7.13. The summed E-state index contributed by atoms with van der Waals surface area (Å²) in [6.45, 7) is 8.41. The molecule has 1 saturated carbocycles. The minimum Gasteiger partial charge on any atom is -0.463 e. The summed E-state index contributed by atoms with van der Waals surface area (Å²) in [6.07, 6.45) is 2.90. The van der Waals surface area contributed by atoms with E-state index in [2.05, 4.69) is 52.6 Å². The predicted octanol–water partition coefficient (Wildman–Crippen LogP) is 5.00. The second-order valence-corrected chi connectivity index (χ2v) is 13.3. The molecule has 248 valence electrons. The number of anilines is 2. The Hall–Kier alpha value is -3.98. The van der Waals surface area contributed by atoms with Crippen LogP contribution in [0, 0.1) is 16.7 Å². The Morgan fingerprint density at radius 1 is 1.19 bits per heavy atom. The fraction of sp³-hybridized carbons (Fsp3) is 0.486. The number of benzene rings is 2. The number of halogens is 2. The zero-order valence-corrected chi connectivity index (χ0v) is 27.8. The van der Waals surface area contributed by atoms with E-state index in [1.165, 1.54) is 4.90 Å². The van der Waals surface area contributed by atoms with Crippen molar-refractivity contribution in [3.63, 3.8) is 0 Å². The molecule has 1 aromatic heterocycles. The number of nitrogens with zero attached hydrogens (tertiary/aromatic N) is 7. The molecule has 2 aliphatic heterocycles. The molecule has 2 aromatic carbocycles. The average molecular weight is 662 g/mol. The van der Waals surface area contributed by atoms with Gasteiger partial charge in [0.1, 0.15) is 5.82 Å². The Kier molecular flexibility index (Phi) is 9.82. The highest BCUT2D eigenvalue weighted by molar-refractivity contribution is 6.36. The number of fused-ring (bicyclic) bond motifs is 2. The molecule has 3 aromatic rings. The summed E-state index contributed by atoms with van der Waals surface area (Å²) in [6, 6.07) is 14.1. The molecule has 0 unspecified atom stereocenters. The molecule has 3 heterocycles. The van der Waals surface area contributed by atoms with Crippen molar-refractivity contribution < 1.29 is 18.7 Å². The van der Waals surface area contributed by atoms with Crippen LogP contribution in [-0.2, 0) is 22.5 Å². The lowest BCUT2D eigenvalue weighted by Crippen LogP contribution is -2.55. The third-order valence-electron chi connectivity index (χ3n) is 9.54. The van der Waals surface area contributed by atoms with E-state index in [0.29, 0.717) is 50.3 Å². The maximum Gasteiger partial charge on any atom is 0.318 e. The Balaban J connectivity index is 1.31. The van der Waals surface area contributed by atoms with Gasteiger partial charge in [-0.2, -0.15) is 15.2 Å². The van der Waals surface area contributed by atoms with Crippen molar-refractivity contribution in [3.8, 4) is 12.1 Å². The molecule has 1 saturated heterocycles. The van der Waals surface area contributed by atoms with Crippen molar-refractivity contribution in [2.75, 3.05) is 76.4 Å². The molecule has 0 N–H and O–H groups in total. The number of methoxy groups -OCH3 is 1. The van der Waals surface area contributed by atoms with Crippen LogP contribution in [-0.4, -0.2) is 98.4 Å². The highest BCUT2D eigenvalue weighted by Gasteiger charge is 2.44. The Labute approximate surface area is 280 Å². The van der Waals surface area contributed by atoms with E-state index in [4.69, 9.17) is 31.0 Å². The molecule has 47 heavy (non-hydrogen) atoms. The average Bonchev–Trinajstić information content (AvgIpc) is 3.84. The molecular weight excluding hydrogens is 621 g/mol. The largest absolute Gasteiger partial charge is 0.463 e. The first-order valence-corrected chi connectivity index (χ1v) is 16.5. The van der Waals surface area contributed by atoms with Gasteiger partial charge in [0.2, 0.25) is 0 Å². The van der Waals surface area contributed by atoms with E-state index >= 15 is 0 Å². The molecule has 12 heteroatoms. The van der Waals surface area contributed by atoms with Gasteiger partial charge in [0.15, 0.2) is 5.83 Å². The van der Waals surface area contributed by atoms with Gasteiger partial charge < -0.3 is 29.1 Å². The molecule has 10 nitrogen and oxygen atoms in total. The summed E-state index contributed by atoms with van der Waals surface area (Å²) in [5.74, 6) is -1.04. The second kappa shape index (κ2) is 14.0.